The van der Waals surface area contributed by atoms with E-state index >= 15 is 0 Å². The fraction of sp³-hybridized carbons (Fsp3) is 0.133. The topological polar surface area (TPSA) is 55.1 Å². The summed E-state index contributed by atoms with van der Waals surface area (Å²) in [6.45, 7) is 0.866. The quantitative estimate of drug-likeness (QED) is 0.909. The lowest BCUT2D eigenvalue weighted by Crippen LogP contribution is -2.23. The van der Waals surface area contributed by atoms with Crippen molar-refractivity contribution in [2.24, 2.45) is 5.73 Å². The van der Waals surface area contributed by atoms with E-state index in [4.69, 9.17) is 28.9 Å². The summed E-state index contributed by atoms with van der Waals surface area (Å²) in [5.41, 5.74) is 8.16. The first-order chi connectivity index (χ1) is 9.61. The maximum Gasteiger partial charge on any atom is 0.251 e. The van der Waals surface area contributed by atoms with E-state index in [1.807, 2.05) is 24.3 Å². The van der Waals surface area contributed by atoms with Crippen LogP contribution in [0.3, 0.4) is 0 Å². The van der Waals surface area contributed by atoms with Crippen LogP contribution in [0, 0.1) is 0 Å². The molecular formula is C15H14Cl2N2O. The number of nitrogens with one attached hydrogen (secondary N) is 1. The van der Waals surface area contributed by atoms with Gasteiger partial charge in [0, 0.05) is 18.7 Å². The number of halogens is 2. The van der Waals surface area contributed by atoms with Gasteiger partial charge in [0.05, 0.1) is 10.0 Å². The Balaban J connectivity index is 2.06. The second-order valence-corrected chi connectivity index (χ2v) is 5.10. The Morgan fingerprint density at radius 3 is 2.40 bits per heavy atom. The molecule has 5 heteroatoms. The number of carbonyl (C=O) groups is 1. The Hall–Kier alpha value is -1.55. The van der Waals surface area contributed by atoms with Crippen LogP contribution < -0.4 is 11.1 Å². The van der Waals surface area contributed by atoms with Crippen molar-refractivity contribution in [3.63, 3.8) is 0 Å². The fourth-order valence-corrected chi connectivity index (χ4v) is 2.14. The molecule has 1 amide bonds. The Kier molecular flexibility index (Phi) is 5.01. The van der Waals surface area contributed by atoms with Crippen LogP contribution in [0.15, 0.2) is 42.5 Å². The summed E-state index contributed by atoms with van der Waals surface area (Å²) in [6.07, 6.45) is 0. The standard InChI is InChI=1S/C15H14Cl2N2O/c16-13-6-5-10(7-14(13)17)15(20)19-9-12-4-2-1-3-11(12)8-18/h1-7H,8-9,18H2,(H,19,20). The first kappa shape index (κ1) is 14.9. The van der Waals surface area contributed by atoms with E-state index in [2.05, 4.69) is 5.32 Å². The Labute approximate surface area is 127 Å². The van der Waals surface area contributed by atoms with Crippen molar-refractivity contribution < 1.29 is 4.79 Å². The molecule has 0 aliphatic rings. The molecule has 104 valence electrons. The predicted octanol–water partition coefficient (Wildman–Crippen LogP) is 3.38. The zero-order valence-corrected chi connectivity index (χ0v) is 12.2. The monoisotopic (exact) mass is 308 g/mol. The van der Waals surface area contributed by atoms with Gasteiger partial charge in [-0.05, 0) is 29.3 Å². The molecule has 2 aromatic rings. The van der Waals surface area contributed by atoms with Gasteiger partial charge in [-0.3, -0.25) is 4.79 Å². The van der Waals surface area contributed by atoms with Crippen molar-refractivity contribution in [2.75, 3.05) is 0 Å². The maximum absolute atomic E-state index is 12.0. The van der Waals surface area contributed by atoms with E-state index in [9.17, 15) is 4.79 Å². The molecule has 0 bridgehead atoms. The van der Waals surface area contributed by atoms with Crippen LogP contribution >= 0.6 is 23.2 Å². The van der Waals surface area contributed by atoms with Crippen LogP contribution in [-0.4, -0.2) is 5.91 Å². The van der Waals surface area contributed by atoms with Gasteiger partial charge in [0.15, 0.2) is 0 Å². The van der Waals surface area contributed by atoms with Crippen molar-refractivity contribution >= 4 is 29.1 Å². The van der Waals surface area contributed by atoms with E-state index in [0.717, 1.165) is 11.1 Å². The molecule has 0 spiro atoms. The highest BCUT2D eigenvalue weighted by Gasteiger charge is 2.08. The lowest BCUT2D eigenvalue weighted by atomic mass is 10.1. The molecule has 2 aromatic carbocycles. The van der Waals surface area contributed by atoms with Gasteiger partial charge in [-0.25, -0.2) is 0 Å². The Morgan fingerprint density at radius 2 is 1.75 bits per heavy atom. The van der Waals surface area contributed by atoms with Crippen LogP contribution in [-0.2, 0) is 13.1 Å². The van der Waals surface area contributed by atoms with Crippen molar-refractivity contribution in [3.8, 4) is 0 Å². The molecule has 0 atom stereocenters. The average Bonchev–Trinajstić information content (AvgIpc) is 2.47. The van der Waals surface area contributed by atoms with Crippen molar-refractivity contribution in [1.82, 2.24) is 5.32 Å². The van der Waals surface area contributed by atoms with Gasteiger partial charge in [-0.1, -0.05) is 47.5 Å². The maximum atomic E-state index is 12.0. The number of nitrogens with two attached hydrogens (primary N) is 1. The van der Waals surface area contributed by atoms with Gasteiger partial charge in [0.25, 0.3) is 5.91 Å². The van der Waals surface area contributed by atoms with E-state index in [0.29, 0.717) is 28.7 Å². The van der Waals surface area contributed by atoms with Crippen LogP contribution in [0.1, 0.15) is 21.5 Å². The molecule has 3 N–H and O–H groups in total. The average molecular weight is 309 g/mol. The molecule has 0 fully saturated rings. The zero-order valence-electron chi connectivity index (χ0n) is 10.7. The van der Waals surface area contributed by atoms with E-state index in [1.54, 1.807) is 18.2 Å². The van der Waals surface area contributed by atoms with Gasteiger partial charge in [-0.15, -0.1) is 0 Å². The number of carbonyl (C=O) groups excluding carboxylic acids is 1. The first-order valence-corrected chi connectivity index (χ1v) is 6.87. The number of hydrogen-bond acceptors (Lipinski definition) is 2. The second kappa shape index (κ2) is 6.75. The SMILES string of the molecule is NCc1ccccc1CNC(=O)c1ccc(Cl)c(Cl)c1. The third-order valence-corrected chi connectivity index (χ3v) is 3.70. The van der Waals surface area contributed by atoms with E-state index in [1.165, 1.54) is 0 Å². The lowest BCUT2D eigenvalue weighted by Gasteiger charge is -2.09. The largest absolute Gasteiger partial charge is 0.348 e. The van der Waals surface area contributed by atoms with Gasteiger partial charge >= 0.3 is 0 Å². The number of hydrogen-bond donors (Lipinski definition) is 2. The molecule has 0 aromatic heterocycles. The molecular weight excluding hydrogens is 295 g/mol. The molecule has 3 nitrogen and oxygen atoms in total. The highest BCUT2D eigenvalue weighted by atomic mass is 35.5. The summed E-state index contributed by atoms with van der Waals surface area (Å²) < 4.78 is 0. The molecule has 0 aliphatic heterocycles. The van der Waals surface area contributed by atoms with Crippen LogP contribution in [0.4, 0.5) is 0 Å². The van der Waals surface area contributed by atoms with Crippen molar-refractivity contribution in [1.29, 1.82) is 0 Å². The van der Waals surface area contributed by atoms with Gasteiger partial charge < -0.3 is 11.1 Å². The number of rotatable bonds is 4. The molecule has 0 unspecified atom stereocenters. The van der Waals surface area contributed by atoms with Crippen LogP contribution in [0.5, 0.6) is 0 Å². The summed E-state index contributed by atoms with van der Waals surface area (Å²) in [6, 6.07) is 12.5. The number of amides is 1. The minimum atomic E-state index is -0.199. The molecule has 0 heterocycles. The lowest BCUT2D eigenvalue weighted by molar-refractivity contribution is 0.0951. The Morgan fingerprint density at radius 1 is 1.05 bits per heavy atom. The van der Waals surface area contributed by atoms with Crippen molar-refractivity contribution in [2.45, 2.75) is 13.1 Å². The zero-order chi connectivity index (χ0) is 14.5. The predicted molar refractivity (Wildman–Crippen MR) is 82.0 cm³/mol. The summed E-state index contributed by atoms with van der Waals surface area (Å²) >= 11 is 11.7. The molecule has 0 saturated carbocycles. The van der Waals surface area contributed by atoms with E-state index in [-0.39, 0.29) is 5.91 Å². The normalized spacial score (nSPS) is 10.3. The van der Waals surface area contributed by atoms with Gasteiger partial charge in [0.1, 0.15) is 0 Å². The van der Waals surface area contributed by atoms with Crippen LogP contribution in [0.2, 0.25) is 10.0 Å². The second-order valence-electron chi connectivity index (χ2n) is 4.28. The van der Waals surface area contributed by atoms with Crippen LogP contribution in [0.25, 0.3) is 0 Å². The summed E-state index contributed by atoms with van der Waals surface area (Å²) in [4.78, 5) is 12.0. The summed E-state index contributed by atoms with van der Waals surface area (Å²) in [7, 11) is 0. The first-order valence-electron chi connectivity index (χ1n) is 6.12. The van der Waals surface area contributed by atoms with E-state index < -0.39 is 0 Å². The minimum Gasteiger partial charge on any atom is -0.348 e. The van der Waals surface area contributed by atoms with Crippen molar-refractivity contribution in [3.05, 3.63) is 69.2 Å². The molecule has 0 saturated heterocycles. The van der Waals surface area contributed by atoms with Gasteiger partial charge in [0.2, 0.25) is 0 Å². The summed E-state index contributed by atoms with van der Waals surface area (Å²) in [5.74, 6) is -0.199. The third-order valence-electron chi connectivity index (χ3n) is 2.96. The highest BCUT2D eigenvalue weighted by molar-refractivity contribution is 6.42. The smallest absolute Gasteiger partial charge is 0.251 e. The molecule has 0 radical (unpaired) electrons. The fourth-order valence-electron chi connectivity index (χ4n) is 1.84. The summed E-state index contributed by atoms with van der Waals surface area (Å²) in [5, 5.41) is 3.63. The molecule has 20 heavy (non-hydrogen) atoms. The van der Waals surface area contributed by atoms with Gasteiger partial charge in [-0.2, -0.15) is 0 Å². The molecule has 0 aliphatic carbocycles. The minimum absolute atomic E-state index is 0.199. The number of benzene rings is 2. The highest BCUT2D eigenvalue weighted by Crippen LogP contribution is 2.22. The molecule has 2 rings (SSSR count). The Bertz CT molecular complexity index is 629. The third kappa shape index (κ3) is 3.51.